The predicted octanol–water partition coefficient (Wildman–Crippen LogP) is 0.785. The number of sulfonamides is 1. The van der Waals surface area contributed by atoms with Gasteiger partial charge in [-0.15, -0.1) is 0 Å². The minimum Gasteiger partial charge on any atom is -0.462 e. The summed E-state index contributed by atoms with van der Waals surface area (Å²) < 4.78 is 35.7. The van der Waals surface area contributed by atoms with E-state index in [9.17, 15) is 8.42 Å². The van der Waals surface area contributed by atoms with E-state index in [1.165, 1.54) is 6.21 Å². The van der Waals surface area contributed by atoms with Crippen molar-refractivity contribution < 1.29 is 17.9 Å². The molecule has 2 aliphatic heterocycles. The molecular weight excluding hydrogens is 206 g/mol. The first-order valence-electron chi connectivity index (χ1n) is 4.46. The van der Waals surface area contributed by atoms with E-state index in [4.69, 9.17) is 9.47 Å². The number of nitrogens with zero attached hydrogens (tertiary/aromatic N) is 1. The zero-order valence-corrected chi connectivity index (χ0v) is 8.37. The Bertz CT molecular complexity index is 365. The first-order chi connectivity index (χ1) is 6.66. The van der Waals surface area contributed by atoms with E-state index in [1.807, 2.05) is 0 Å². The Kier molecular flexibility index (Phi) is 2.56. The molecule has 0 saturated carbocycles. The molecule has 5 nitrogen and oxygen atoms in total. The molecule has 0 aliphatic carbocycles. The molecule has 6 heteroatoms. The molecule has 0 bridgehead atoms. The Morgan fingerprint density at radius 3 is 2.93 bits per heavy atom. The molecule has 0 aromatic heterocycles. The van der Waals surface area contributed by atoms with Gasteiger partial charge in [-0.2, -0.15) is 12.8 Å². The molecule has 0 amide bonds. The van der Waals surface area contributed by atoms with Crippen LogP contribution in [0.1, 0.15) is 19.3 Å². The number of hydrogen-bond acceptors (Lipinski definition) is 4. The van der Waals surface area contributed by atoms with E-state index in [0.717, 1.165) is 24.7 Å². The van der Waals surface area contributed by atoms with Gasteiger partial charge in [0.1, 0.15) is 0 Å². The van der Waals surface area contributed by atoms with Crippen molar-refractivity contribution in [2.45, 2.75) is 25.6 Å². The summed E-state index contributed by atoms with van der Waals surface area (Å²) in [5.41, 5.74) is 0. The van der Waals surface area contributed by atoms with Crippen molar-refractivity contribution in [1.82, 2.24) is 0 Å². The highest BCUT2D eigenvalue weighted by molar-refractivity contribution is 7.93. The van der Waals surface area contributed by atoms with Gasteiger partial charge in [0.15, 0.2) is 12.0 Å². The second-order valence-corrected chi connectivity index (χ2v) is 4.66. The summed E-state index contributed by atoms with van der Waals surface area (Å²) in [7, 11) is -3.42. The lowest BCUT2D eigenvalue weighted by Crippen LogP contribution is -2.21. The number of hydrogen-bond donors (Lipinski definition) is 0. The third-order valence-electron chi connectivity index (χ3n) is 2.00. The summed E-state index contributed by atoms with van der Waals surface area (Å²) in [6, 6.07) is 0. The Balaban J connectivity index is 1.96. The van der Waals surface area contributed by atoms with Crippen LogP contribution in [0.3, 0.4) is 0 Å². The van der Waals surface area contributed by atoms with Crippen LogP contribution in [0.2, 0.25) is 0 Å². The zero-order valence-electron chi connectivity index (χ0n) is 7.55. The molecule has 2 rings (SSSR count). The molecule has 1 saturated heterocycles. The Labute approximate surface area is 82.5 Å². The van der Waals surface area contributed by atoms with Crippen molar-refractivity contribution in [1.29, 1.82) is 0 Å². The zero-order chi connectivity index (χ0) is 10.0. The molecule has 1 unspecified atom stereocenters. The van der Waals surface area contributed by atoms with Crippen LogP contribution in [0.5, 0.6) is 0 Å². The first-order valence-corrected chi connectivity index (χ1v) is 5.96. The Hall–Kier alpha value is -0.880. The van der Waals surface area contributed by atoms with E-state index >= 15 is 0 Å². The summed E-state index contributed by atoms with van der Waals surface area (Å²) in [5.74, 6) is 0.261. The van der Waals surface area contributed by atoms with E-state index < -0.39 is 10.0 Å². The maximum absolute atomic E-state index is 10.9. The number of rotatable bonds is 2. The van der Waals surface area contributed by atoms with E-state index in [0.29, 0.717) is 6.61 Å². The van der Waals surface area contributed by atoms with Crippen molar-refractivity contribution >= 4 is 16.2 Å². The molecule has 0 spiro atoms. The van der Waals surface area contributed by atoms with Gasteiger partial charge in [-0.1, -0.05) is 0 Å². The first kappa shape index (κ1) is 9.67. The van der Waals surface area contributed by atoms with Crippen LogP contribution >= 0.6 is 0 Å². The molecular formula is C8H11NO4S. The van der Waals surface area contributed by atoms with Gasteiger partial charge in [-0.3, -0.25) is 0 Å². The van der Waals surface area contributed by atoms with Gasteiger partial charge in [-0.05, 0) is 12.8 Å². The highest BCUT2D eigenvalue weighted by Gasteiger charge is 2.20. The second kappa shape index (κ2) is 3.70. The van der Waals surface area contributed by atoms with Crippen LogP contribution in [-0.2, 0) is 19.5 Å². The van der Waals surface area contributed by atoms with Gasteiger partial charge in [0.25, 0.3) is 10.0 Å². The average molecular weight is 217 g/mol. The molecule has 14 heavy (non-hydrogen) atoms. The molecule has 2 heterocycles. The molecule has 1 atom stereocenters. The third-order valence-corrected chi connectivity index (χ3v) is 2.93. The maximum atomic E-state index is 10.9. The number of ether oxygens (including phenoxy) is 2. The summed E-state index contributed by atoms with van der Waals surface area (Å²) in [6.45, 7) is 0.668. The molecule has 78 valence electrons. The molecule has 0 aromatic carbocycles. The van der Waals surface area contributed by atoms with Crippen LogP contribution in [0.4, 0.5) is 0 Å². The fourth-order valence-electron chi connectivity index (χ4n) is 1.35. The minimum absolute atomic E-state index is 0.261. The topological polar surface area (TPSA) is 65.0 Å². The van der Waals surface area contributed by atoms with Crippen LogP contribution in [0.25, 0.3) is 0 Å². The Morgan fingerprint density at radius 1 is 1.50 bits per heavy atom. The van der Waals surface area contributed by atoms with Crippen LogP contribution < -0.4 is 0 Å². The van der Waals surface area contributed by atoms with Gasteiger partial charge in [0.2, 0.25) is 0 Å². The van der Waals surface area contributed by atoms with Gasteiger partial charge < -0.3 is 9.47 Å². The summed E-state index contributed by atoms with van der Waals surface area (Å²) in [5, 5.41) is 1.00. The standard InChI is InChI=1S/C8H11NO4S/c10-14(11)6-7(5-9-14)13-8-3-1-2-4-12-8/h5-6,8H,1-4H2. The van der Waals surface area contributed by atoms with Crippen molar-refractivity contribution in [2.24, 2.45) is 4.40 Å². The van der Waals surface area contributed by atoms with Gasteiger partial charge in [-0.25, -0.2) is 0 Å². The van der Waals surface area contributed by atoms with Crippen molar-refractivity contribution in [2.75, 3.05) is 6.61 Å². The highest BCUT2D eigenvalue weighted by Crippen LogP contribution is 2.18. The van der Waals surface area contributed by atoms with Gasteiger partial charge >= 0.3 is 0 Å². The van der Waals surface area contributed by atoms with E-state index in [2.05, 4.69) is 4.40 Å². The molecule has 1 fully saturated rings. The SMILES string of the molecule is O=S1(=O)C=C(OC2CCCCO2)C=N1. The highest BCUT2D eigenvalue weighted by atomic mass is 32.2. The fraction of sp³-hybridized carbons (Fsp3) is 0.625. The van der Waals surface area contributed by atoms with Crippen LogP contribution in [0.15, 0.2) is 15.6 Å². The summed E-state index contributed by atoms with van der Waals surface area (Å²) in [6.07, 6.45) is 3.75. The van der Waals surface area contributed by atoms with Crippen molar-refractivity contribution in [3.8, 4) is 0 Å². The van der Waals surface area contributed by atoms with Gasteiger partial charge in [0, 0.05) is 6.42 Å². The van der Waals surface area contributed by atoms with Crippen molar-refractivity contribution in [3.05, 3.63) is 11.2 Å². The summed E-state index contributed by atoms with van der Waals surface area (Å²) >= 11 is 0. The lowest BCUT2D eigenvalue weighted by molar-refractivity contribution is -0.133. The fourth-order valence-corrected chi connectivity index (χ4v) is 2.07. The van der Waals surface area contributed by atoms with Crippen LogP contribution in [0, 0.1) is 0 Å². The monoisotopic (exact) mass is 217 g/mol. The summed E-state index contributed by atoms with van der Waals surface area (Å²) in [4.78, 5) is 0. The number of allylic oxidation sites excluding steroid dienone is 1. The third kappa shape index (κ3) is 2.33. The average Bonchev–Trinajstić information content (AvgIpc) is 2.47. The maximum Gasteiger partial charge on any atom is 0.279 e. The minimum atomic E-state index is -3.42. The predicted molar refractivity (Wildman–Crippen MR) is 50.2 cm³/mol. The van der Waals surface area contributed by atoms with Crippen LogP contribution in [-0.4, -0.2) is 27.5 Å². The van der Waals surface area contributed by atoms with Crippen molar-refractivity contribution in [3.63, 3.8) is 0 Å². The quantitative estimate of drug-likeness (QED) is 0.685. The smallest absolute Gasteiger partial charge is 0.279 e. The molecule has 2 aliphatic rings. The van der Waals surface area contributed by atoms with E-state index in [-0.39, 0.29) is 12.0 Å². The second-order valence-electron chi connectivity index (χ2n) is 3.18. The largest absolute Gasteiger partial charge is 0.462 e. The molecule has 0 N–H and O–H groups in total. The lowest BCUT2D eigenvalue weighted by atomic mass is 10.2. The Morgan fingerprint density at radius 2 is 2.36 bits per heavy atom. The van der Waals surface area contributed by atoms with Gasteiger partial charge in [0.05, 0.1) is 18.2 Å². The molecule has 0 aromatic rings. The molecule has 0 radical (unpaired) electrons. The van der Waals surface area contributed by atoms with E-state index in [1.54, 1.807) is 0 Å². The normalized spacial score (nSPS) is 30.0. The lowest BCUT2D eigenvalue weighted by Gasteiger charge is -2.22.